The summed E-state index contributed by atoms with van der Waals surface area (Å²) >= 11 is 0. The molecular weight excluding hydrogens is 468 g/mol. The lowest BCUT2D eigenvalue weighted by atomic mass is 9.91. The highest BCUT2D eigenvalue weighted by atomic mass is 28.4. The highest BCUT2D eigenvalue weighted by Gasteiger charge is 2.46. The molecule has 0 unspecified atom stereocenters. The van der Waals surface area contributed by atoms with Crippen LogP contribution in [0.4, 0.5) is 16.2 Å². The van der Waals surface area contributed by atoms with Crippen LogP contribution in [0.1, 0.15) is 54.0 Å². The third-order valence-electron chi connectivity index (χ3n) is 7.02. The van der Waals surface area contributed by atoms with Crippen LogP contribution in [0.25, 0.3) is 0 Å². The Hall–Kier alpha value is -2.40. The van der Waals surface area contributed by atoms with Crippen molar-refractivity contribution in [2.75, 3.05) is 24.6 Å². The minimum atomic E-state index is -2.17. The monoisotopic (exact) mass is 508 g/mol. The number of piperidine rings is 1. The topological polar surface area (TPSA) is 116 Å². The van der Waals surface area contributed by atoms with Crippen molar-refractivity contribution >= 4 is 25.8 Å². The number of hydrogen-bond donors (Lipinski definition) is 1. The molecule has 2 aliphatic heterocycles. The lowest BCUT2D eigenvalue weighted by Crippen LogP contribution is -2.63. The second-order valence-corrected chi connectivity index (χ2v) is 16.9. The van der Waals surface area contributed by atoms with Crippen LogP contribution >= 0.6 is 0 Å². The molecule has 1 aromatic heterocycles. The first-order valence-electron chi connectivity index (χ1n) is 12.2. The Morgan fingerprint density at radius 1 is 1.26 bits per heavy atom. The van der Waals surface area contributed by atoms with Gasteiger partial charge in [-0.1, -0.05) is 27.7 Å². The van der Waals surface area contributed by atoms with Crippen molar-refractivity contribution in [3.8, 4) is 5.88 Å². The number of alkyl carbamates (subject to hydrolysis) is 1. The maximum absolute atomic E-state index is 12.8. The number of fused-ring (bicyclic) bond motifs is 1. The molecule has 35 heavy (non-hydrogen) atoms. The van der Waals surface area contributed by atoms with Crippen molar-refractivity contribution in [3.63, 3.8) is 0 Å². The molecule has 0 spiro atoms. The Balaban J connectivity index is 1.98. The first-order valence-corrected chi connectivity index (χ1v) is 15.1. The molecule has 196 valence electrons. The van der Waals surface area contributed by atoms with Crippen LogP contribution in [-0.2, 0) is 15.6 Å². The van der Waals surface area contributed by atoms with Gasteiger partial charge in [-0.25, -0.2) is 9.78 Å². The number of carbonyl (C=O) groups is 1. The third kappa shape index (κ3) is 6.06. The summed E-state index contributed by atoms with van der Waals surface area (Å²) in [7, 11) is -2.17. The van der Waals surface area contributed by atoms with Gasteiger partial charge in [0.25, 0.3) is 0 Å². The second-order valence-electron chi connectivity index (χ2n) is 12.1. The zero-order chi connectivity index (χ0) is 26.3. The van der Waals surface area contributed by atoms with Gasteiger partial charge in [0.05, 0.1) is 23.7 Å². The van der Waals surface area contributed by atoms with Crippen molar-refractivity contribution in [1.29, 1.82) is 0 Å². The second kappa shape index (κ2) is 9.57. The molecule has 2 aliphatic rings. The molecule has 3 rings (SSSR count). The molecule has 10 nitrogen and oxygen atoms in total. The van der Waals surface area contributed by atoms with Crippen molar-refractivity contribution in [2.45, 2.75) is 90.8 Å². The average Bonchev–Trinajstić information content (AvgIpc) is 3.15. The number of nitrogens with one attached hydrogen (secondary N) is 1. The van der Waals surface area contributed by atoms with Gasteiger partial charge >= 0.3 is 11.8 Å². The summed E-state index contributed by atoms with van der Waals surface area (Å²) < 4.78 is 18.0. The summed E-state index contributed by atoms with van der Waals surface area (Å²) in [4.78, 5) is 30.5. The van der Waals surface area contributed by atoms with Crippen molar-refractivity contribution < 1.29 is 23.6 Å². The molecule has 0 bridgehead atoms. The van der Waals surface area contributed by atoms with Gasteiger partial charge in [0.1, 0.15) is 17.5 Å². The summed E-state index contributed by atoms with van der Waals surface area (Å²) in [5.74, 6) is 0.429. The Labute approximate surface area is 209 Å². The average molecular weight is 509 g/mol. The maximum atomic E-state index is 12.8. The van der Waals surface area contributed by atoms with E-state index in [1.165, 1.54) is 6.20 Å². The van der Waals surface area contributed by atoms with E-state index in [2.05, 4.69) is 51.1 Å². The Kier molecular flexibility index (Phi) is 7.43. The van der Waals surface area contributed by atoms with Crippen molar-refractivity contribution in [3.05, 3.63) is 21.9 Å². The van der Waals surface area contributed by atoms with E-state index in [-0.39, 0.29) is 22.7 Å². The Morgan fingerprint density at radius 3 is 2.49 bits per heavy atom. The number of rotatable bonds is 5. The molecule has 1 N–H and O–H groups in total. The zero-order valence-corrected chi connectivity index (χ0v) is 23.4. The molecule has 1 fully saturated rings. The molecule has 0 aromatic carbocycles. The van der Waals surface area contributed by atoms with Gasteiger partial charge < -0.3 is 24.1 Å². The summed E-state index contributed by atoms with van der Waals surface area (Å²) in [5.41, 5.74) is 0.556. The molecule has 1 amide bonds. The van der Waals surface area contributed by atoms with Crippen LogP contribution in [0.15, 0.2) is 6.20 Å². The smallest absolute Gasteiger partial charge is 0.408 e. The molecule has 3 atom stereocenters. The molecule has 1 aromatic rings. The summed E-state index contributed by atoms with van der Waals surface area (Å²) in [6.07, 6.45) is 1.03. The highest BCUT2D eigenvalue weighted by molar-refractivity contribution is 6.74. The number of amides is 1. The fourth-order valence-electron chi connectivity index (χ4n) is 4.35. The first-order chi connectivity index (χ1) is 16.0. The normalized spacial score (nSPS) is 22.9. The van der Waals surface area contributed by atoms with E-state index in [1.807, 2.05) is 25.7 Å². The lowest BCUT2D eigenvalue weighted by Gasteiger charge is -2.48. The zero-order valence-electron chi connectivity index (χ0n) is 22.4. The summed E-state index contributed by atoms with van der Waals surface area (Å²) in [5, 5.41) is 14.9. The molecule has 11 heteroatoms. The fraction of sp³-hybridized carbons (Fsp3) is 0.750. The van der Waals surface area contributed by atoms with E-state index in [9.17, 15) is 14.9 Å². The van der Waals surface area contributed by atoms with Crippen LogP contribution in [0.3, 0.4) is 0 Å². The molecule has 0 saturated carbocycles. The lowest BCUT2D eigenvalue weighted by molar-refractivity contribution is -0.384. The fourth-order valence-corrected chi connectivity index (χ4v) is 5.78. The van der Waals surface area contributed by atoms with E-state index < -0.39 is 31.0 Å². The third-order valence-corrected chi connectivity index (χ3v) is 11.5. The van der Waals surface area contributed by atoms with Crippen LogP contribution in [0, 0.1) is 16.0 Å². The van der Waals surface area contributed by atoms with Gasteiger partial charge in [0.2, 0.25) is 5.88 Å². The highest BCUT2D eigenvalue weighted by Crippen LogP contribution is 2.43. The van der Waals surface area contributed by atoms with Gasteiger partial charge in [-0.05, 0) is 38.9 Å². The van der Waals surface area contributed by atoms with Gasteiger partial charge in [0.15, 0.2) is 8.32 Å². The predicted molar refractivity (Wildman–Crippen MR) is 137 cm³/mol. The Morgan fingerprint density at radius 2 is 1.91 bits per heavy atom. The van der Waals surface area contributed by atoms with Gasteiger partial charge in [0, 0.05) is 31.0 Å². The molecule has 0 aliphatic carbocycles. The SMILES string of the molecule is C[C@H]1CN(c2c([N+](=O)[O-])cnc3c2CCO3)C[C@@H](NC(=O)OC(C)(C)C)[C@@H]1O[Si](C)(C)C(C)(C)C. The Bertz CT molecular complexity index is 972. The van der Waals surface area contributed by atoms with E-state index in [0.717, 1.165) is 5.56 Å². The van der Waals surface area contributed by atoms with Crippen molar-refractivity contribution in [2.24, 2.45) is 5.92 Å². The molecular formula is C24H40N4O6Si. The molecule has 0 radical (unpaired) electrons. The largest absolute Gasteiger partial charge is 0.477 e. The number of aromatic nitrogens is 1. The van der Waals surface area contributed by atoms with E-state index in [1.54, 1.807) is 0 Å². The quantitative estimate of drug-likeness (QED) is 0.347. The van der Waals surface area contributed by atoms with Crippen LogP contribution in [0.2, 0.25) is 18.1 Å². The maximum Gasteiger partial charge on any atom is 0.408 e. The van der Waals surface area contributed by atoms with E-state index >= 15 is 0 Å². The number of anilines is 1. The molecule has 3 heterocycles. The molecule has 1 saturated heterocycles. The van der Waals surface area contributed by atoms with Crippen molar-refractivity contribution in [1.82, 2.24) is 10.3 Å². The predicted octanol–water partition coefficient (Wildman–Crippen LogP) is 4.66. The number of hydrogen-bond acceptors (Lipinski definition) is 8. The minimum absolute atomic E-state index is 0.0106. The van der Waals surface area contributed by atoms with Crippen LogP contribution in [0.5, 0.6) is 5.88 Å². The minimum Gasteiger partial charge on any atom is -0.477 e. The van der Waals surface area contributed by atoms with Gasteiger partial charge in [-0.2, -0.15) is 0 Å². The number of nitrogens with zero attached hydrogens (tertiary/aromatic N) is 3. The first kappa shape index (κ1) is 27.2. The number of ether oxygens (including phenoxy) is 2. The van der Waals surface area contributed by atoms with Gasteiger partial charge in [-0.15, -0.1) is 0 Å². The van der Waals surface area contributed by atoms with Crippen LogP contribution in [-0.4, -0.2) is 61.8 Å². The summed E-state index contributed by atoms with van der Waals surface area (Å²) in [6.45, 7) is 19.8. The number of pyridine rings is 1. The van der Waals surface area contributed by atoms with Crippen LogP contribution < -0.4 is 15.0 Å². The van der Waals surface area contributed by atoms with Gasteiger partial charge in [-0.3, -0.25) is 10.1 Å². The summed E-state index contributed by atoms with van der Waals surface area (Å²) in [6, 6.07) is -0.423. The standard InChI is InChI=1S/C24H40N4O6Si/c1-15-13-27(19-16-10-11-32-21(16)25-12-18(19)28(30)31)14-17(26-22(29)33-23(2,3)4)20(15)34-35(8,9)24(5,6)7/h12,15,17,20H,10-11,13-14H2,1-9H3,(H,26,29)/t15-,17+,20+/m0/s1. The number of carbonyl (C=O) groups excluding carboxylic acids is 1. The number of nitro groups is 1. The van der Waals surface area contributed by atoms with E-state index in [0.29, 0.717) is 37.7 Å². The van der Waals surface area contributed by atoms with E-state index in [4.69, 9.17) is 13.9 Å².